The first kappa shape index (κ1) is 22.5. The van der Waals surface area contributed by atoms with Crippen molar-refractivity contribution in [2.45, 2.75) is 68.0 Å². The summed E-state index contributed by atoms with van der Waals surface area (Å²) >= 11 is 0. The zero-order valence-corrected chi connectivity index (χ0v) is 19.4. The minimum absolute atomic E-state index is 0.0352. The third-order valence-corrected chi connectivity index (χ3v) is 8.56. The minimum atomic E-state index is -3.51. The van der Waals surface area contributed by atoms with Crippen molar-refractivity contribution < 1.29 is 17.9 Å². The van der Waals surface area contributed by atoms with E-state index in [-0.39, 0.29) is 24.1 Å². The van der Waals surface area contributed by atoms with Gasteiger partial charge in [-0.3, -0.25) is 10.3 Å². The van der Waals surface area contributed by atoms with Gasteiger partial charge in [0.25, 0.3) is 0 Å². The largest absolute Gasteiger partial charge is 0.444 e. The van der Waals surface area contributed by atoms with Gasteiger partial charge in [-0.15, -0.1) is 0 Å². The van der Waals surface area contributed by atoms with Crippen molar-refractivity contribution >= 4 is 15.9 Å². The summed E-state index contributed by atoms with van der Waals surface area (Å²) in [5, 5.41) is -0.658. The maximum atomic E-state index is 13.4. The maximum Gasteiger partial charge on any atom is 0.410 e. The smallest absolute Gasteiger partial charge is 0.410 e. The number of ether oxygens (including phenoxy) is 1. The molecule has 3 aliphatic rings. The second-order valence-corrected chi connectivity index (χ2v) is 11.8. The highest BCUT2D eigenvalue weighted by Gasteiger charge is 2.51. The van der Waals surface area contributed by atoms with Crippen LogP contribution in [0.2, 0.25) is 0 Å². The molecule has 1 amide bonds. The molecule has 31 heavy (non-hydrogen) atoms. The van der Waals surface area contributed by atoms with E-state index in [9.17, 15) is 13.2 Å². The van der Waals surface area contributed by atoms with Gasteiger partial charge >= 0.3 is 6.09 Å². The van der Waals surface area contributed by atoms with Gasteiger partial charge in [0, 0.05) is 44.2 Å². The van der Waals surface area contributed by atoms with Gasteiger partial charge in [-0.1, -0.05) is 24.6 Å². The number of rotatable bonds is 3. The van der Waals surface area contributed by atoms with Gasteiger partial charge < -0.3 is 9.64 Å². The zero-order chi connectivity index (χ0) is 22.2. The molecular formula is C22H34N4O4S. The Hall–Kier alpha value is -1.68. The van der Waals surface area contributed by atoms with Crippen LogP contribution in [0, 0.1) is 5.92 Å². The summed E-state index contributed by atoms with van der Waals surface area (Å²) in [7, 11) is -3.51. The van der Waals surface area contributed by atoms with E-state index in [1.54, 1.807) is 29.2 Å². The monoisotopic (exact) mass is 450 g/mol. The second-order valence-electron chi connectivity index (χ2n) is 9.75. The lowest BCUT2D eigenvalue weighted by atomic mass is 9.80. The number of hydrogen-bond donors (Lipinski definition) is 2. The Morgan fingerprint density at radius 2 is 1.71 bits per heavy atom. The minimum Gasteiger partial charge on any atom is -0.444 e. The summed E-state index contributed by atoms with van der Waals surface area (Å²) in [6.45, 7) is 8.26. The summed E-state index contributed by atoms with van der Waals surface area (Å²) in [6.07, 6.45) is 2.72. The van der Waals surface area contributed by atoms with Gasteiger partial charge in [-0.2, -0.15) is 0 Å². The van der Waals surface area contributed by atoms with Crippen LogP contribution < -0.4 is 10.9 Å². The van der Waals surface area contributed by atoms with Crippen molar-refractivity contribution in [1.82, 2.24) is 20.7 Å². The SMILES string of the molecule is CC(C)(C)OC(=O)N1CCN(C2CCCC3NNC(S(=O)(=O)c4ccccc4)C32)CC1. The number of carbonyl (C=O) groups excluding carboxylic acids is 1. The molecule has 4 atom stereocenters. The molecule has 2 saturated heterocycles. The molecule has 9 heteroatoms. The molecule has 1 aromatic carbocycles. The molecule has 1 aromatic rings. The summed E-state index contributed by atoms with van der Waals surface area (Å²) in [6, 6.07) is 8.98. The molecule has 0 spiro atoms. The van der Waals surface area contributed by atoms with Crippen molar-refractivity contribution in [1.29, 1.82) is 0 Å². The van der Waals surface area contributed by atoms with Gasteiger partial charge in [0.05, 0.1) is 4.90 Å². The Kier molecular flexibility index (Phi) is 6.31. The average molecular weight is 451 g/mol. The second kappa shape index (κ2) is 8.69. The van der Waals surface area contributed by atoms with E-state index < -0.39 is 20.8 Å². The van der Waals surface area contributed by atoms with Crippen LogP contribution in [0.4, 0.5) is 4.79 Å². The van der Waals surface area contributed by atoms with Crippen LogP contribution in [0.3, 0.4) is 0 Å². The van der Waals surface area contributed by atoms with Crippen LogP contribution >= 0.6 is 0 Å². The first-order valence-corrected chi connectivity index (χ1v) is 12.7. The number of carbonyl (C=O) groups is 1. The fourth-order valence-corrected chi connectivity index (χ4v) is 6.93. The molecule has 2 aliphatic heterocycles. The van der Waals surface area contributed by atoms with Gasteiger partial charge in [-0.25, -0.2) is 18.6 Å². The molecule has 0 aromatic heterocycles. The molecule has 3 fully saturated rings. The highest BCUT2D eigenvalue weighted by molar-refractivity contribution is 7.92. The van der Waals surface area contributed by atoms with Gasteiger partial charge in [0.1, 0.15) is 11.0 Å². The lowest BCUT2D eigenvalue weighted by molar-refractivity contribution is 0.00245. The average Bonchev–Trinajstić information content (AvgIpc) is 3.18. The lowest BCUT2D eigenvalue weighted by Gasteiger charge is -2.45. The predicted molar refractivity (Wildman–Crippen MR) is 118 cm³/mol. The van der Waals surface area contributed by atoms with E-state index in [0.29, 0.717) is 18.0 Å². The Bertz CT molecular complexity index is 879. The summed E-state index contributed by atoms with van der Waals surface area (Å²) in [4.78, 5) is 16.9. The summed E-state index contributed by atoms with van der Waals surface area (Å²) < 4.78 is 32.3. The number of nitrogens with zero attached hydrogens (tertiary/aromatic N) is 2. The number of nitrogens with one attached hydrogen (secondary N) is 2. The van der Waals surface area contributed by atoms with Gasteiger partial charge in [0.15, 0.2) is 9.84 Å². The molecule has 1 saturated carbocycles. The fraction of sp³-hybridized carbons (Fsp3) is 0.682. The topological polar surface area (TPSA) is 91.0 Å². The van der Waals surface area contributed by atoms with Crippen LogP contribution in [-0.2, 0) is 14.6 Å². The molecule has 8 nitrogen and oxygen atoms in total. The highest BCUT2D eigenvalue weighted by Crippen LogP contribution is 2.37. The van der Waals surface area contributed by atoms with Crippen LogP contribution in [0.5, 0.6) is 0 Å². The molecule has 2 N–H and O–H groups in total. The number of piperazine rings is 1. The number of benzene rings is 1. The number of hydrazine groups is 1. The predicted octanol–water partition coefficient (Wildman–Crippen LogP) is 1.98. The third-order valence-electron chi connectivity index (χ3n) is 6.53. The van der Waals surface area contributed by atoms with E-state index in [4.69, 9.17) is 4.74 Å². The van der Waals surface area contributed by atoms with E-state index in [1.165, 1.54) is 0 Å². The Morgan fingerprint density at radius 1 is 1.03 bits per heavy atom. The van der Waals surface area contributed by atoms with Gasteiger partial charge in [-0.05, 0) is 45.7 Å². The Labute approximate surface area is 185 Å². The third kappa shape index (κ3) is 4.74. The van der Waals surface area contributed by atoms with Gasteiger partial charge in [0.2, 0.25) is 0 Å². The first-order chi connectivity index (χ1) is 14.7. The van der Waals surface area contributed by atoms with Crippen LogP contribution in [0.1, 0.15) is 40.0 Å². The first-order valence-electron chi connectivity index (χ1n) is 11.2. The molecule has 2 heterocycles. The molecule has 0 bridgehead atoms. The van der Waals surface area contributed by atoms with Crippen molar-refractivity contribution in [2.24, 2.45) is 5.92 Å². The van der Waals surface area contributed by atoms with Crippen LogP contribution in [0.25, 0.3) is 0 Å². The number of fused-ring (bicyclic) bond motifs is 1. The lowest BCUT2D eigenvalue weighted by Crippen LogP contribution is -2.58. The normalized spacial score (nSPS) is 30.1. The number of sulfone groups is 1. The van der Waals surface area contributed by atoms with E-state index in [0.717, 1.165) is 32.4 Å². The maximum absolute atomic E-state index is 13.4. The van der Waals surface area contributed by atoms with E-state index in [1.807, 2.05) is 26.8 Å². The van der Waals surface area contributed by atoms with Crippen LogP contribution in [0.15, 0.2) is 35.2 Å². The summed E-state index contributed by atoms with van der Waals surface area (Å²) in [5.41, 5.74) is 5.87. The standard InChI is InChI=1S/C22H34N4O4S/c1-22(2,3)30-21(27)26-14-12-25(13-15-26)18-11-7-10-17-19(18)20(24-23-17)31(28,29)16-8-5-4-6-9-16/h4-6,8-9,17-20,23-24H,7,10-15H2,1-3H3. The van der Waals surface area contributed by atoms with E-state index >= 15 is 0 Å². The molecular weight excluding hydrogens is 416 g/mol. The Morgan fingerprint density at radius 3 is 2.35 bits per heavy atom. The number of hydrogen-bond acceptors (Lipinski definition) is 7. The van der Waals surface area contributed by atoms with Crippen molar-refractivity contribution in [2.75, 3.05) is 26.2 Å². The van der Waals surface area contributed by atoms with Crippen molar-refractivity contribution in [3.05, 3.63) is 30.3 Å². The fourth-order valence-electron chi connectivity index (χ4n) is 5.10. The molecule has 172 valence electrons. The van der Waals surface area contributed by atoms with Crippen molar-refractivity contribution in [3.63, 3.8) is 0 Å². The molecule has 4 rings (SSSR count). The zero-order valence-electron chi connectivity index (χ0n) is 18.6. The van der Waals surface area contributed by atoms with E-state index in [2.05, 4.69) is 15.8 Å². The molecule has 0 radical (unpaired) electrons. The highest BCUT2D eigenvalue weighted by atomic mass is 32.2. The molecule has 1 aliphatic carbocycles. The quantitative estimate of drug-likeness (QED) is 0.728. The Balaban J connectivity index is 1.47. The van der Waals surface area contributed by atoms with Crippen molar-refractivity contribution in [3.8, 4) is 0 Å². The van der Waals surface area contributed by atoms with Crippen LogP contribution in [-0.4, -0.2) is 73.5 Å². The summed E-state index contributed by atoms with van der Waals surface area (Å²) in [5.74, 6) is -0.0352. The number of amides is 1. The molecule has 4 unspecified atom stereocenters.